The lowest BCUT2D eigenvalue weighted by Gasteiger charge is -2.49. The molecular weight excluding hydrogens is 869 g/mol. The minimum atomic E-state index is -1.66. The summed E-state index contributed by atoms with van der Waals surface area (Å²) in [6.07, 6.45) is 1.81. The van der Waals surface area contributed by atoms with Gasteiger partial charge < -0.3 is 14.6 Å². The summed E-state index contributed by atoms with van der Waals surface area (Å²) in [6.45, 7) is -0.00189. The second kappa shape index (κ2) is 13.5. The predicted octanol–water partition coefficient (Wildman–Crippen LogP) is 6.97. The van der Waals surface area contributed by atoms with Crippen LogP contribution in [0.3, 0.4) is 0 Å². The van der Waals surface area contributed by atoms with E-state index in [9.17, 15) is 19.5 Å². The maximum Gasteiger partial charge on any atom is 0.352 e. The van der Waals surface area contributed by atoms with Gasteiger partial charge in [0.1, 0.15) is 5.75 Å². The van der Waals surface area contributed by atoms with E-state index >= 15 is 4.79 Å². The Morgan fingerprint density at radius 1 is 0.889 bits per heavy atom. The summed E-state index contributed by atoms with van der Waals surface area (Å²) in [4.78, 5) is 58.9. The Hall–Kier alpha value is -4.76. The Kier molecular flexibility index (Phi) is 9.07. The van der Waals surface area contributed by atoms with Crippen LogP contribution in [0.1, 0.15) is 29.5 Å². The SMILES string of the molecule is COc1ccc(C23C(=O)N(Nc4ccc(Cl)cc4Cl)C(=O)C2CC2C(=CCn4c(=O)n(-c5ccccc5)c(=O)n42)C3c2cc(OC)c(O)c(Br)c2Br)cc1. The van der Waals surface area contributed by atoms with Gasteiger partial charge in [0.15, 0.2) is 11.5 Å². The maximum atomic E-state index is 15.5. The number of ether oxygens (including phenoxy) is 2. The molecule has 2 aliphatic heterocycles. The number of fused-ring (bicyclic) bond motifs is 4. The average molecular weight is 898 g/mol. The average Bonchev–Trinajstić information content (AvgIpc) is 3.56. The van der Waals surface area contributed by atoms with E-state index < -0.39 is 46.5 Å². The molecule has 16 heteroatoms. The number of rotatable bonds is 7. The smallest absolute Gasteiger partial charge is 0.352 e. The number of hydrogen-bond acceptors (Lipinski definition) is 8. The zero-order valence-corrected chi connectivity index (χ0v) is 33.1. The van der Waals surface area contributed by atoms with Gasteiger partial charge in [-0.15, -0.1) is 0 Å². The van der Waals surface area contributed by atoms with Crippen molar-refractivity contribution in [2.45, 2.75) is 30.3 Å². The lowest BCUT2D eigenvalue weighted by atomic mass is 9.53. The van der Waals surface area contributed by atoms with Crippen LogP contribution in [0.5, 0.6) is 17.2 Å². The van der Waals surface area contributed by atoms with E-state index in [1.807, 2.05) is 6.08 Å². The fourth-order valence-electron chi connectivity index (χ4n) is 8.23. The molecule has 1 saturated heterocycles. The normalized spacial score (nSPS) is 21.6. The highest BCUT2D eigenvalue weighted by atomic mass is 79.9. The standard InChI is InChI=1S/C38H29Br2Cl2N5O7/c1-53-22-11-8-19(9-12-22)38-25(34(49)46(35(38)50)43-27-13-10-20(41)16-26(27)42)18-28-23(30(38)24-17-29(54-2)33(48)32(40)31(24)39)14-15-44-36(51)45(37(52)47(28)44)21-6-4-3-5-7-21/h3-14,16-17,25,28,30,43,48H,15,18H2,1-2H3. The van der Waals surface area contributed by atoms with Gasteiger partial charge >= 0.3 is 11.4 Å². The third kappa shape index (κ3) is 5.21. The molecule has 54 heavy (non-hydrogen) atoms. The molecule has 5 aromatic rings. The lowest BCUT2D eigenvalue weighted by molar-refractivity contribution is -0.138. The van der Waals surface area contributed by atoms with Crippen molar-refractivity contribution in [3.05, 3.63) is 142 Å². The molecule has 0 bridgehead atoms. The molecule has 3 aliphatic rings. The number of nitrogens with zero attached hydrogens (tertiary/aromatic N) is 4. The number of nitrogens with one attached hydrogen (secondary N) is 1. The van der Waals surface area contributed by atoms with E-state index in [0.29, 0.717) is 37.6 Å². The van der Waals surface area contributed by atoms with Crippen LogP contribution in [-0.2, 0) is 21.5 Å². The minimum Gasteiger partial charge on any atom is -0.503 e. The summed E-state index contributed by atoms with van der Waals surface area (Å²) in [5.41, 5.74) is 2.41. The summed E-state index contributed by atoms with van der Waals surface area (Å²) in [5.74, 6) is -2.82. The fourth-order valence-corrected chi connectivity index (χ4v) is 9.63. The first-order valence-corrected chi connectivity index (χ1v) is 19.0. The first-order valence-electron chi connectivity index (χ1n) is 16.6. The Bertz CT molecular complexity index is 2540. The number of allylic oxidation sites excluding steroid dienone is 2. The van der Waals surface area contributed by atoms with Crippen LogP contribution in [0.25, 0.3) is 5.69 Å². The van der Waals surface area contributed by atoms with Crippen LogP contribution >= 0.6 is 55.1 Å². The number of benzene rings is 4. The van der Waals surface area contributed by atoms with Crippen molar-refractivity contribution in [1.29, 1.82) is 0 Å². The van der Waals surface area contributed by atoms with Gasteiger partial charge in [-0.05, 0) is 104 Å². The van der Waals surface area contributed by atoms with Crippen LogP contribution in [0.4, 0.5) is 5.69 Å². The molecule has 2 amide bonds. The molecule has 3 heterocycles. The number of halogens is 4. The Labute approximate surface area is 334 Å². The minimum absolute atomic E-state index is 0.00189. The first-order chi connectivity index (χ1) is 25.9. The largest absolute Gasteiger partial charge is 0.503 e. The monoisotopic (exact) mass is 895 g/mol. The highest BCUT2D eigenvalue weighted by Gasteiger charge is 2.69. The molecule has 1 aliphatic carbocycles. The second-order valence-electron chi connectivity index (χ2n) is 13.1. The zero-order chi connectivity index (χ0) is 38.2. The third-order valence-corrected chi connectivity index (χ3v) is 13.3. The van der Waals surface area contributed by atoms with E-state index in [1.165, 1.54) is 29.6 Å². The van der Waals surface area contributed by atoms with Crippen LogP contribution in [0.15, 0.2) is 109 Å². The number of imide groups is 1. The second-order valence-corrected chi connectivity index (χ2v) is 15.5. The van der Waals surface area contributed by atoms with Gasteiger partial charge in [-0.3, -0.25) is 15.0 Å². The van der Waals surface area contributed by atoms with Gasteiger partial charge in [-0.25, -0.2) is 23.5 Å². The quantitative estimate of drug-likeness (QED) is 0.132. The third-order valence-electron chi connectivity index (χ3n) is 10.6. The zero-order valence-electron chi connectivity index (χ0n) is 28.4. The predicted molar refractivity (Wildman–Crippen MR) is 209 cm³/mol. The molecule has 1 aromatic heterocycles. The summed E-state index contributed by atoms with van der Waals surface area (Å²) < 4.78 is 15.6. The maximum absolute atomic E-state index is 15.5. The van der Waals surface area contributed by atoms with Gasteiger partial charge in [-0.1, -0.05) is 59.6 Å². The van der Waals surface area contributed by atoms with Crippen molar-refractivity contribution in [3.63, 3.8) is 0 Å². The van der Waals surface area contributed by atoms with Gasteiger partial charge in [0.05, 0.1) is 59.0 Å². The van der Waals surface area contributed by atoms with Gasteiger partial charge in [0, 0.05) is 15.4 Å². The number of phenolic OH excluding ortho intramolecular Hbond substituents is 1. The number of carbonyl (C=O) groups is 2. The molecule has 12 nitrogen and oxygen atoms in total. The molecule has 0 spiro atoms. The van der Waals surface area contributed by atoms with Crippen molar-refractivity contribution in [1.82, 2.24) is 18.9 Å². The lowest BCUT2D eigenvalue weighted by Crippen LogP contribution is -2.53. The molecule has 4 unspecified atom stereocenters. The van der Waals surface area contributed by atoms with Crippen molar-refractivity contribution in [2.75, 3.05) is 19.6 Å². The number of methoxy groups -OCH3 is 2. The van der Waals surface area contributed by atoms with Gasteiger partial charge in [0.2, 0.25) is 0 Å². The Morgan fingerprint density at radius 2 is 1.61 bits per heavy atom. The van der Waals surface area contributed by atoms with Gasteiger partial charge in [-0.2, -0.15) is 5.01 Å². The number of para-hydroxylation sites is 1. The summed E-state index contributed by atoms with van der Waals surface area (Å²) in [6, 6.07) is 20.9. The number of carbonyl (C=O) groups excluding carboxylic acids is 2. The summed E-state index contributed by atoms with van der Waals surface area (Å²) in [7, 11) is 2.93. The molecule has 0 radical (unpaired) electrons. The number of anilines is 1. The first kappa shape index (κ1) is 36.2. The highest BCUT2D eigenvalue weighted by Crippen LogP contribution is 2.64. The molecule has 1 saturated carbocycles. The molecule has 8 rings (SSSR count). The van der Waals surface area contributed by atoms with Crippen LogP contribution < -0.4 is 26.3 Å². The number of amides is 2. The molecular formula is C38H29Br2Cl2N5O7. The van der Waals surface area contributed by atoms with Crippen molar-refractivity contribution >= 4 is 72.6 Å². The molecule has 2 fully saturated rings. The summed E-state index contributed by atoms with van der Waals surface area (Å²) >= 11 is 19.9. The Morgan fingerprint density at radius 3 is 2.28 bits per heavy atom. The highest BCUT2D eigenvalue weighted by molar-refractivity contribution is 9.13. The molecule has 4 aromatic carbocycles. The molecule has 2 N–H and O–H groups in total. The Balaban J connectivity index is 1.43. The van der Waals surface area contributed by atoms with Crippen molar-refractivity contribution in [3.8, 4) is 22.9 Å². The topological polar surface area (TPSA) is 137 Å². The van der Waals surface area contributed by atoms with E-state index in [4.69, 9.17) is 32.7 Å². The molecule has 4 atom stereocenters. The number of aromatic nitrogens is 3. The number of hydrogen-bond donors (Lipinski definition) is 2. The van der Waals surface area contributed by atoms with Crippen molar-refractivity contribution in [2.24, 2.45) is 5.92 Å². The van der Waals surface area contributed by atoms with Gasteiger partial charge in [0.25, 0.3) is 11.8 Å². The van der Waals surface area contributed by atoms with Crippen LogP contribution in [0.2, 0.25) is 10.0 Å². The van der Waals surface area contributed by atoms with E-state index in [0.717, 1.165) is 9.58 Å². The van der Waals surface area contributed by atoms with E-state index in [1.54, 1.807) is 72.8 Å². The van der Waals surface area contributed by atoms with Crippen LogP contribution in [0, 0.1) is 5.92 Å². The number of aromatic hydroxyl groups is 1. The number of phenols is 1. The van der Waals surface area contributed by atoms with Crippen molar-refractivity contribution < 1.29 is 24.2 Å². The van der Waals surface area contributed by atoms with E-state index in [2.05, 4.69) is 37.3 Å². The van der Waals surface area contributed by atoms with Crippen LogP contribution in [-0.4, -0.2) is 50.1 Å². The summed E-state index contributed by atoms with van der Waals surface area (Å²) in [5, 5.41) is 12.5. The number of hydrazine groups is 1. The van der Waals surface area contributed by atoms with E-state index in [-0.39, 0.29) is 39.6 Å². The molecule has 276 valence electrons. The fraction of sp³-hybridized carbons (Fsp3) is 0.211.